The standard InChI is InChI=1S/C15H12F4O2/c1-21-13-5-3-2-4-12(13)14(20)9-6-10(15(17,18)19)8-11(16)7-9/h2-8,14,20H,1H3. The minimum atomic E-state index is -4.68. The fourth-order valence-electron chi connectivity index (χ4n) is 2.01. The van der Waals surface area contributed by atoms with Crippen LogP contribution in [-0.4, -0.2) is 12.2 Å². The molecule has 1 unspecified atom stereocenters. The highest BCUT2D eigenvalue weighted by Gasteiger charge is 2.32. The van der Waals surface area contributed by atoms with Gasteiger partial charge in [-0.1, -0.05) is 18.2 Å². The molecular formula is C15H12F4O2. The van der Waals surface area contributed by atoms with Crippen LogP contribution in [0.15, 0.2) is 42.5 Å². The molecule has 2 rings (SSSR count). The summed E-state index contributed by atoms with van der Waals surface area (Å²) in [5.74, 6) is -0.753. The summed E-state index contributed by atoms with van der Waals surface area (Å²) in [5, 5.41) is 10.2. The molecule has 2 aromatic rings. The van der Waals surface area contributed by atoms with Crippen LogP contribution in [0.2, 0.25) is 0 Å². The maximum absolute atomic E-state index is 13.4. The lowest BCUT2D eigenvalue weighted by Crippen LogP contribution is -2.09. The van der Waals surface area contributed by atoms with E-state index in [0.29, 0.717) is 11.8 Å². The lowest BCUT2D eigenvalue weighted by Gasteiger charge is -2.17. The molecule has 0 heterocycles. The summed E-state index contributed by atoms with van der Waals surface area (Å²) in [4.78, 5) is 0. The van der Waals surface area contributed by atoms with Gasteiger partial charge in [-0.3, -0.25) is 0 Å². The van der Waals surface area contributed by atoms with Gasteiger partial charge >= 0.3 is 6.18 Å². The minimum Gasteiger partial charge on any atom is -0.496 e. The number of ether oxygens (including phenoxy) is 1. The molecule has 6 heteroatoms. The van der Waals surface area contributed by atoms with Gasteiger partial charge in [0.15, 0.2) is 0 Å². The molecule has 0 aliphatic carbocycles. The van der Waals surface area contributed by atoms with Crippen molar-refractivity contribution in [3.8, 4) is 5.75 Å². The van der Waals surface area contributed by atoms with Crippen LogP contribution in [-0.2, 0) is 6.18 Å². The molecule has 1 atom stereocenters. The summed E-state index contributed by atoms with van der Waals surface area (Å²) in [6.07, 6.45) is -6.10. The van der Waals surface area contributed by atoms with Gasteiger partial charge in [-0.2, -0.15) is 13.2 Å². The van der Waals surface area contributed by atoms with Gasteiger partial charge in [0.1, 0.15) is 17.7 Å². The molecule has 0 saturated heterocycles. The molecule has 21 heavy (non-hydrogen) atoms. The Labute approximate surface area is 118 Å². The van der Waals surface area contributed by atoms with E-state index in [1.807, 2.05) is 0 Å². The number of alkyl halides is 3. The summed E-state index contributed by atoms with van der Waals surface area (Å²) in [5.41, 5.74) is -1.07. The summed E-state index contributed by atoms with van der Waals surface area (Å²) in [6, 6.07) is 8.29. The minimum absolute atomic E-state index is 0.188. The molecule has 0 spiro atoms. The van der Waals surface area contributed by atoms with Crippen molar-refractivity contribution in [1.82, 2.24) is 0 Å². The van der Waals surface area contributed by atoms with Gasteiger partial charge in [0, 0.05) is 5.56 Å². The van der Waals surface area contributed by atoms with Crippen LogP contribution in [0.5, 0.6) is 5.75 Å². The normalized spacial score (nSPS) is 13.0. The van der Waals surface area contributed by atoms with E-state index in [2.05, 4.69) is 0 Å². The Kier molecular flexibility index (Phi) is 4.18. The highest BCUT2D eigenvalue weighted by Crippen LogP contribution is 2.35. The number of halogens is 4. The maximum atomic E-state index is 13.4. The van der Waals surface area contributed by atoms with Crippen molar-refractivity contribution in [2.75, 3.05) is 7.11 Å². The Hall–Kier alpha value is -2.08. The van der Waals surface area contributed by atoms with Gasteiger partial charge in [-0.05, 0) is 29.8 Å². The second-order valence-corrected chi connectivity index (χ2v) is 4.42. The SMILES string of the molecule is COc1ccccc1C(O)c1cc(F)cc(C(F)(F)F)c1. The van der Waals surface area contributed by atoms with Gasteiger partial charge in [-0.15, -0.1) is 0 Å². The Morgan fingerprint density at radius 1 is 1.10 bits per heavy atom. The van der Waals surface area contributed by atoms with Crippen molar-refractivity contribution in [1.29, 1.82) is 0 Å². The fraction of sp³-hybridized carbons (Fsp3) is 0.200. The third-order valence-electron chi connectivity index (χ3n) is 3.00. The summed E-state index contributed by atoms with van der Waals surface area (Å²) < 4.78 is 56.5. The largest absolute Gasteiger partial charge is 0.496 e. The fourth-order valence-corrected chi connectivity index (χ4v) is 2.01. The number of hydrogen-bond donors (Lipinski definition) is 1. The number of rotatable bonds is 3. The van der Waals surface area contributed by atoms with E-state index in [1.54, 1.807) is 18.2 Å². The predicted molar refractivity (Wildman–Crippen MR) is 68.5 cm³/mol. The molecule has 0 aliphatic rings. The molecule has 0 bridgehead atoms. The van der Waals surface area contributed by atoms with Gasteiger partial charge < -0.3 is 9.84 Å². The Bertz CT molecular complexity index is 638. The van der Waals surface area contributed by atoms with Crippen LogP contribution in [0.1, 0.15) is 22.8 Å². The Balaban J connectivity index is 2.48. The summed E-state index contributed by atoms with van der Waals surface area (Å²) in [6.45, 7) is 0. The number of aliphatic hydroxyl groups excluding tert-OH is 1. The zero-order chi connectivity index (χ0) is 15.6. The van der Waals surface area contributed by atoms with Crippen LogP contribution in [0.4, 0.5) is 17.6 Å². The molecule has 0 aromatic heterocycles. The molecule has 0 aliphatic heterocycles. The quantitative estimate of drug-likeness (QED) is 0.870. The molecule has 0 radical (unpaired) electrons. The molecule has 0 saturated carbocycles. The first-order valence-electron chi connectivity index (χ1n) is 6.01. The Morgan fingerprint density at radius 2 is 1.76 bits per heavy atom. The zero-order valence-electron chi connectivity index (χ0n) is 11.0. The van der Waals surface area contributed by atoms with Crippen molar-refractivity contribution < 1.29 is 27.4 Å². The lowest BCUT2D eigenvalue weighted by molar-refractivity contribution is -0.137. The summed E-state index contributed by atoms with van der Waals surface area (Å²) in [7, 11) is 1.37. The first-order valence-corrected chi connectivity index (χ1v) is 6.01. The second kappa shape index (κ2) is 5.73. The smallest absolute Gasteiger partial charge is 0.416 e. The number of hydrogen-bond acceptors (Lipinski definition) is 2. The van der Waals surface area contributed by atoms with Gasteiger partial charge in [0.25, 0.3) is 0 Å². The molecule has 0 amide bonds. The van der Waals surface area contributed by atoms with E-state index in [1.165, 1.54) is 13.2 Å². The average molecular weight is 300 g/mol. The van der Waals surface area contributed by atoms with Crippen molar-refractivity contribution in [3.05, 3.63) is 65.0 Å². The van der Waals surface area contributed by atoms with Gasteiger partial charge in [-0.25, -0.2) is 4.39 Å². The predicted octanol–water partition coefficient (Wildman–Crippen LogP) is 3.93. The van der Waals surface area contributed by atoms with Gasteiger partial charge in [0.05, 0.1) is 12.7 Å². The topological polar surface area (TPSA) is 29.5 Å². The summed E-state index contributed by atoms with van der Waals surface area (Å²) >= 11 is 0. The Morgan fingerprint density at radius 3 is 2.38 bits per heavy atom. The molecular weight excluding hydrogens is 288 g/mol. The van der Waals surface area contributed by atoms with E-state index < -0.39 is 23.7 Å². The molecule has 2 nitrogen and oxygen atoms in total. The van der Waals surface area contributed by atoms with Gasteiger partial charge in [0.2, 0.25) is 0 Å². The van der Waals surface area contributed by atoms with Crippen LogP contribution in [0.25, 0.3) is 0 Å². The van der Waals surface area contributed by atoms with E-state index in [-0.39, 0.29) is 11.1 Å². The highest BCUT2D eigenvalue weighted by molar-refractivity contribution is 5.41. The van der Waals surface area contributed by atoms with Crippen LogP contribution >= 0.6 is 0 Å². The zero-order valence-corrected chi connectivity index (χ0v) is 11.0. The molecule has 112 valence electrons. The second-order valence-electron chi connectivity index (χ2n) is 4.42. The monoisotopic (exact) mass is 300 g/mol. The molecule has 2 aromatic carbocycles. The average Bonchev–Trinajstić information content (AvgIpc) is 2.45. The van der Waals surface area contributed by atoms with Crippen LogP contribution in [0.3, 0.4) is 0 Å². The number of methoxy groups -OCH3 is 1. The third kappa shape index (κ3) is 3.33. The van der Waals surface area contributed by atoms with Crippen LogP contribution < -0.4 is 4.74 Å². The van der Waals surface area contributed by atoms with E-state index in [0.717, 1.165) is 12.1 Å². The van der Waals surface area contributed by atoms with E-state index in [9.17, 15) is 22.7 Å². The van der Waals surface area contributed by atoms with E-state index >= 15 is 0 Å². The lowest BCUT2D eigenvalue weighted by atomic mass is 9.98. The van der Waals surface area contributed by atoms with Crippen molar-refractivity contribution in [3.63, 3.8) is 0 Å². The van der Waals surface area contributed by atoms with Crippen molar-refractivity contribution in [2.24, 2.45) is 0 Å². The number of benzene rings is 2. The molecule has 0 fully saturated rings. The first-order chi connectivity index (χ1) is 9.82. The van der Waals surface area contributed by atoms with Crippen LogP contribution in [0, 0.1) is 5.82 Å². The number of aliphatic hydroxyl groups is 1. The maximum Gasteiger partial charge on any atom is 0.416 e. The van der Waals surface area contributed by atoms with Crippen molar-refractivity contribution in [2.45, 2.75) is 12.3 Å². The third-order valence-corrected chi connectivity index (χ3v) is 3.00. The molecule has 1 N–H and O–H groups in total. The van der Waals surface area contributed by atoms with Crippen molar-refractivity contribution >= 4 is 0 Å². The number of para-hydroxylation sites is 1. The highest BCUT2D eigenvalue weighted by atomic mass is 19.4. The van der Waals surface area contributed by atoms with E-state index in [4.69, 9.17) is 4.74 Å². The first kappa shape index (κ1) is 15.3.